The predicted molar refractivity (Wildman–Crippen MR) is 54.6 cm³/mol. The van der Waals surface area contributed by atoms with Crippen molar-refractivity contribution in [3.63, 3.8) is 0 Å². The molecule has 1 N–H and O–H groups in total. The summed E-state index contributed by atoms with van der Waals surface area (Å²) in [6.45, 7) is 5.65. The number of ketones is 1. The van der Waals surface area contributed by atoms with E-state index in [1.165, 1.54) is 0 Å². The minimum Gasteiger partial charge on any atom is -0.392 e. The average Bonchev–Trinajstić information content (AvgIpc) is 2.05. The lowest BCUT2D eigenvalue weighted by atomic mass is 9.92. The smallest absolute Gasteiger partial charge is 0.135 e. The van der Waals surface area contributed by atoms with Crippen LogP contribution in [0.5, 0.6) is 0 Å². The third-order valence-electron chi connectivity index (χ3n) is 2.53. The summed E-state index contributed by atoms with van der Waals surface area (Å²) in [5.74, 6) is -0.0247. The Morgan fingerprint density at radius 1 is 1.31 bits per heavy atom. The zero-order chi connectivity index (χ0) is 10.3. The number of rotatable bonds is 7. The summed E-state index contributed by atoms with van der Waals surface area (Å²) in [6, 6.07) is 0. The van der Waals surface area contributed by atoms with Crippen LogP contribution >= 0.6 is 0 Å². The molecule has 2 heteroatoms. The Morgan fingerprint density at radius 3 is 2.31 bits per heavy atom. The van der Waals surface area contributed by atoms with E-state index in [1.807, 2.05) is 6.92 Å². The number of unbranched alkanes of at least 4 members (excludes halogenated alkanes) is 2. The van der Waals surface area contributed by atoms with E-state index in [1.54, 1.807) is 6.92 Å². The van der Waals surface area contributed by atoms with Crippen molar-refractivity contribution >= 4 is 5.78 Å². The molecule has 0 aromatic heterocycles. The maximum Gasteiger partial charge on any atom is 0.135 e. The molecule has 0 aliphatic rings. The lowest BCUT2D eigenvalue weighted by molar-refractivity contribution is -0.124. The third kappa shape index (κ3) is 5.04. The fourth-order valence-corrected chi connectivity index (χ4v) is 1.64. The fourth-order valence-electron chi connectivity index (χ4n) is 1.64. The SMILES string of the molecule is CCCCCC(O)C(CC)C(C)=O. The molecule has 0 radical (unpaired) electrons. The minimum atomic E-state index is -0.422. The molecule has 0 spiro atoms. The third-order valence-corrected chi connectivity index (χ3v) is 2.53. The van der Waals surface area contributed by atoms with Gasteiger partial charge in [-0.15, -0.1) is 0 Å². The Balaban J connectivity index is 3.77. The molecule has 0 aliphatic heterocycles. The maximum atomic E-state index is 11.1. The summed E-state index contributed by atoms with van der Waals surface area (Å²) >= 11 is 0. The van der Waals surface area contributed by atoms with Crippen LogP contribution in [-0.4, -0.2) is 17.0 Å². The maximum absolute atomic E-state index is 11.1. The first kappa shape index (κ1) is 12.6. The number of hydrogen-bond donors (Lipinski definition) is 1. The van der Waals surface area contributed by atoms with Gasteiger partial charge in [-0.1, -0.05) is 33.1 Å². The van der Waals surface area contributed by atoms with Gasteiger partial charge in [-0.25, -0.2) is 0 Å². The summed E-state index contributed by atoms with van der Waals surface area (Å²) in [6.07, 6.45) is 4.43. The first-order valence-electron chi connectivity index (χ1n) is 5.32. The van der Waals surface area contributed by atoms with Crippen molar-refractivity contribution in [3.05, 3.63) is 0 Å². The molecule has 13 heavy (non-hydrogen) atoms. The molecule has 78 valence electrons. The molecule has 0 aromatic carbocycles. The zero-order valence-electron chi connectivity index (χ0n) is 9.05. The van der Waals surface area contributed by atoms with Gasteiger partial charge in [-0.05, 0) is 19.8 Å². The van der Waals surface area contributed by atoms with Crippen molar-refractivity contribution in [2.75, 3.05) is 0 Å². The summed E-state index contributed by atoms with van der Waals surface area (Å²) < 4.78 is 0. The lowest BCUT2D eigenvalue weighted by Crippen LogP contribution is -2.25. The highest BCUT2D eigenvalue weighted by atomic mass is 16.3. The van der Waals surface area contributed by atoms with E-state index < -0.39 is 6.10 Å². The number of aliphatic hydroxyl groups is 1. The molecule has 0 saturated heterocycles. The molecule has 0 amide bonds. The molecule has 0 fully saturated rings. The normalized spacial score (nSPS) is 15.4. The van der Waals surface area contributed by atoms with E-state index in [2.05, 4.69) is 6.92 Å². The number of Topliss-reactive ketones (excluding diaryl/α,β-unsaturated/α-hetero) is 1. The monoisotopic (exact) mass is 186 g/mol. The van der Waals surface area contributed by atoms with Crippen molar-refractivity contribution in [1.29, 1.82) is 0 Å². The van der Waals surface area contributed by atoms with Crippen molar-refractivity contribution in [2.24, 2.45) is 5.92 Å². The lowest BCUT2D eigenvalue weighted by Gasteiger charge is -2.18. The first-order valence-corrected chi connectivity index (χ1v) is 5.32. The van der Waals surface area contributed by atoms with Gasteiger partial charge < -0.3 is 5.11 Å². The van der Waals surface area contributed by atoms with Gasteiger partial charge >= 0.3 is 0 Å². The molecule has 0 bridgehead atoms. The molecule has 2 atom stereocenters. The van der Waals surface area contributed by atoms with Gasteiger partial charge in [-0.3, -0.25) is 4.79 Å². The van der Waals surface area contributed by atoms with Crippen LogP contribution in [0.15, 0.2) is 0 Å². The Morgan fingerprint density at radius 2 is 1.92 bits per heavy atom. The van der Waals surface area contributed by atoms with E-state index in [0.29, 0.717) is 0 Å². The van der Waals surface area contributed by atoms with Gasteiger partial charge in [0.2, 0.25) is 0 Å². The van der Waals surface area contributed by atoms with Crippen molar-refractivity contribution in [3.8, 4) is 0 Å². The molecule has 0 rings (SSSR count). The summed E-state index contributed by atoms with van der Waals surface area (Å²) in [4.78, 5) is 11.1. The van der Waals surface area contributed by atoms with Crippen LogP contribution in [0.4, 0.5) is 0 Å². The van der Waals surface area contributed by atoms with Crippen molar-refractivity contribution in [2.45, 2.75) is 59.0 Å². The second-order valence-corrected chi connectivity index (χ2v) is 3.69. The van der Waals surface area contributed by atoms with Crippen LogP contribution in [-0.2, 0) is 4.79 Å². The number of aliphatic hydroxyl groups excluding tert-OH is 1. The highest BCUT2D eigenvalue weighted by Crippen LogP contribution is 2.15. The Bertz CT molecular complexity index is 143. The van der Waals surface area contributed by atoms with Gasteiger partial charge in [0, 0.05) is 5.92 Å². The van der Waals surface area contributed by atoms with Crippen LogP contribution in [0.2, 0.25) is 0 Å². The zero-order valence-corrected chi connectivity index (χ0v) is 9.05. The quantitative estimate of drug-likeness (QED) is 0.620. The predicted octanol–water partition coefficient (Wildman–Crippen LogP) is 2.54. The first-order chi connectivity index (χ1) is 6.13. The van der Waals surface area contributed by atoms with Crippen molar-refractivity contribution < 1.29 is 9.90 Å². The van der Waals surface area contributed by atoms with Gasteiger partial charge in [-0.2, -0.15) is 0 Å². The summed E-state index contributed by atoms with van der Waals surface area (Å²) in [7, 11) is 0. The van der Waals surface area contributed by atoms with Crippen molar-refractivity contribution in [1.82, 2.24) is 0 Å². The van der Waals surface area contributed by atoms with Crippen LogP contribution in [0.3, 0.4) is 0 Å². The minimum absolute atomic E-state index is 0.117. The Kier molecular flexibility index (Phi) is 6.87. The molecule has 2 nitrogen and oxygen atoms in total. The van der Waals surface area contributed by atoms with E-state index >= 15 is 0 Å². The second-order valence-electron chi connectivity index (χ2n) is 3.69. The average molecular weight is 186 g/mol. The highest BCUT2D eigenvalue weighted by molar-refractivity contribution is 5.78. The standard InChI is InChI=1S/C11H22O2/c1-4-6-7-8-11(13)10(5-2)9(3)12/h10-11,13H,4-8H2,1-3H3. The van der Waals surface area contributed by atoms with Gasteiger partial charge in [0.05, 0.1) is 6.10 Å². The molecule has 0 heterocycles. The molecule has 2 unspecified atom stereocenters. The van der Waals surface area contributed by atoms with E-state index in [0.717, 1.165) is 32.1 Å². The fraction of sp³-hybridized carbons (Fsp3) is 0.909. The second kappa shape index (κ2) is 7.07. The van der Waals surface area contributed by atoms with Crippen LogP contribution in [0.25, 0.3) is 0 Å². The van der Waals surface area contributed by atoms with Crippen LogP contribution in [0, 0.1) is 5.92 Å². The molecular formula is C11H22O2. The number of hydrogen-bond acceptors (Lipinski definition) is 2. The van der Waals surface area contributed by atoms with Crippen LogP contribution in [0.1, 0.15) is 52.9 Å². The largest absolute Gasteiger partial charge is 0.392 e. The summed E-state index contributed by atoms with van der Waals surface area (Å²) in [5, 5.41) is 9.69. The number of carbonyl (C=O) groups excluding carboxylic acids is 1. The van der Waals surface area contributed by atoms with E-state index in [4.69, 9.17) is 0 Å². The Hall–Kier alpha value is -0.370. The van der Waals surface area contributed by atoms with E-state index in [9.17, 15) is 9.90 Å². The molecule has 0 saturated carbocycles. The van der Waals surface area contributed by atoms with E-state index in [-0.39, 0.29) is 11.7 Å². The Labute approximate surface area is 81.3 Å². The molecule has 0 aromatic rings. The van der Waals surface area contributed by atoms with Gasteiger partial charge in [0.1, 0.15) is 5.78 Å². The van der Waals surface area contributed by atoms with Crippen LogP contribution < -0.4 is 0 Å². The number of carbonyl (C=O) groups is 1. The topological polar surface area (TPSA) is 37.3 Å². The molecular weight excluding hydrogens is 164 g/mol. The summed E-state index contributed by atoms with van der Waals surface area (Å²) in [5.41, 5.74) is 0. The van der Waals surface area contributed by atoms with Gasteiger partial charge in [0.25, 0.3) is 0 Å². The highest BCUT2D eigenvalue weighted by Gasteiger charge is 2.20. The molecule has 0 aliphatic carbocycles. The van der Waals surface area contributed by atoms with Gasteiger partial charge in [0.15, 0.2) is 0 Å².